The third-order valence-corrected chi connectivity index (χ3v) is 6.10. The van der Waals surface area contributed by atoms with Crippen LogP contribution in [0.1, 0.15) is 44.9 Å². The van der Waals surface area contributed by atoms with Crippen LogP contribution in [-0.2, 0) is 14.3 Å². The van der Waals surface area contributed by atoms with Crippen LogP contribution in [0.3, 0.4) is 0 Å². The quantitative estimate of drug-likeness (QED) is 0.287. The van der Waals surface area contributed by atoms with E-state index in [1.807, 2.05) is 24.3 Å². The minimum absolute atomic E-state index is 0.0719. The third kappa shape index (κ3) is 5.85. The smallest absolute Gasteiger partial charge is 0.295 e. The summed E-state index contributed by atoms with van der Waals surface area (Å²) in [5.74, 6) is -0.621. The Morgan fingerprint density at radius 2 is 1.77 bits per heavy atom. The van der Waals surface area contributed by atoms with Gasteiger partial charge >= 0.3 is 0 Å². The predicted molar refractivity (Wildman–Crippen MR) is 138 cm³/mol. The molecule has 1 saturated heterocycles. The maximum atomic E-state index is 13.2. The molecule has 0 aromatic heterocycles. The molecule has 0 saturated carbocycles. The molecule has 0 spiro atoms. The summed E-state index contributed by atoms with van der Waals surface area (Å²) >= 11 is 0. The highest BCUT2D eigenvalue weighted by molar-refractivity contribution is 6.46. The number of carbonyl (C=O) groups is 2. The van der Waals surface area contributed by atoms with Gasteiger partial charge in [-0.3, -0.25) is 9.59 Å². The zero-order valence-electron chi connectivity index (χ0n) is 21.3. The highest BCUT2D eigenvalue weighted by atomic mass is 16.5. The van der Waals surface area contributed by atoms with Gasteiger partial charge in [-0.05, 0) is 49.6 Å². The van der Waals surface area contributed by atoms with Crippen molar-refractivity contribution in [1.82, 2.24) is 4.90 Å². The van der Waals surface area contributed by atoms with E-state index >= 15 is 0 Å². The number of aliphatic hydroxyl groups excluding tert-OH is 1. The van der Waals surface area contributed by atoms with Crippen molar-refractivity contribution in [2.45, 2.75) is 33.7 Å². The number of ketones is 1. The summed E-state index contributed by atoms with van der Waals surface area (Å²) in [5, 5.41) is 11.3. The van der Waals surface area contributed by atoms with Crippen molar-refractivity contribution in [1.29, 1.82) is 0 Å². The molecule has 188 valence electrons. The average Bonchev–Trinajstić information content (AvgIpc) is 3.12. The van der Waals surface area contributed by atoms with Crippen LogP contribution in [0.4, 0.5) is 5.69 Å². The molecule has 3 rings (SSSR count). The normalized spacial score (nSPS) is 17.3. The molecule has 1 fully saturated rings. The van der Waals surface area contributed by atoms with E-state index in [4.69, 9.17) is 9.47 Å². The fourth-order valence-electron chi connectivity index (χ4n) is 4.25. The highest BCUT2D eigenvalue weighted by Gasteiger charge is 2.45. The van der Waals surface area contributed by atoms with E-state index in [0.717, 1.165) is 24.3 Å². The van der Waals surface area contributed by atoms with Gasteiger partial charge in [-0.2, -0.15) is 0 Å². The van der Waals surface area contributed by atoms with E-state index in [1.165, 1.54) is 4.90 Å². The predicted octanol–water partition coefficient (Wildman–Crippen LogP) is 4.64. The SMILES string of the molecule is CCN(CC)c1ccc(C2/C(=C(/O)c3cccc(OCC(C)C)c3)C(=O)C(=O)N2CCOC)cc1. The van der Waals surface area contributed by atoms with E-state index in [9.17, 15) is 14.7 Å². The molecule has 1 aliphatic rings. The summed E-state index contributed by atoms with van der Waals surface area (Å²) in [7, 11) is 1.55. The van der Waals surface area contributed by atoms with Crippen molar-refractivity contribution in [3.8, 4) is 5.75 Å². The zero-order chi connectivity index (χ0) is 25.5. The van der Waals surface area contributed by atoms with Gasteiger partial charge in [-0.15, -0.1) is 0 Å². The Morgan fingerprint density at radius 1 is 1.09 bits per heavy atom. The molecule has 1 unspecified atom stereocenters. The van der Waals surface area contributed by atoms with Gasteiger partial charge in [0.1, 0.15) is 11.5 Å². The van der Waals surface area contributed by atoms with Crippen molar-refractivity contribution in [2.24, 2.45) is 5.92 Å². The van der Waals surface area contributed by atoms with E-state index in [-0.39, 0.29) is 24.5 Å². The number of aliphatic hydroxyl groups is 1. The first kappa shape index (κ1) is 26.3. The monoisotopic (exact) mass is 480 g/mol. The molecule has 1 heterocycles. The lowest BCUT2D eigenvalue weighted by atomic mass is 9.95. The maximum absolute atomic E-state index is 13.2. The first-order chi connectivity index (χ1) is 16.8. The van der Waals surface area contributed by atoms with Gasteiger partial charge in [0.25, 0.3) is 11.7 Å². The summed E-state index contributed by atoms with van der Waals surface area (Å²) in [6.07, 6.45) is 0. The lowest BCUT2D eigenvalue weighted by molar-refractivity contribution is -0.140. The van der Waals surface area contributed by atoms with Gasteiger partial charge < -0.3 is 24.4 Å². The highest BCUT2D eigenvalue weighted by Crippen LogP contribution is 2.40. The topological polar surface area (TPSA) is 79.3 Å². The first-order valence-corrected chi connectivity index (χ1v) is 12.2. The number of hydrogen-bond acceptors (Lipinski definition) is 6. The number of amides is 1. The Morgan fingerprint density at radius 3 is 2.37 bits per heavy atom. The number of benzene rings is 2. The number of nitrogens with zero attached hydrogens (tertiary/aromatic N) is 2. The van der Waals surface area contributed by atoms with Crippen molar-refractivity contribution in [2.75, 3.05) is 44.9 Å². The molecular weight excluding hydrogens is 444 g/mol. The Kier molecular flexibility index (Phi) is 8.93. The molecule has 7 nitrogen and oxygen atoms in total. The van der Waals surface area contributed by atoms with E-state index in [2.05, 4.69) is 32.6 Å². The Labute approximate surface area is 207 Å². The molecule has 0 radical (unpaired) electrons. The number of hydrogen-bond donors (Lipinski definition) is 1. The largest absolute Gasteiger partial charge is 0.507 e. The Bertz CT molecular complexity index is 1060. The van der Waals surface area contributed by atoms with Crippen LogP contribution in [0.25, 0.3) is 5.76 Å². The number of methoxy groups -OCH3 is 1. The molecule has 2 aromatic rings. The number of rotatable bonds is 11. The van der Waals surface area contributed by atoms with Crippen LogP contribution < -0.4 is 9.64 Å². The van der Waals surface area contributed by atoms with Crippen molar-refractivity contribution < 1.29 is 24.2 Å². The Hall–Kier alpha value is -3.32. The molecule has 0 aliphatic carbocycles. The average molecular weight is 481 g/mol. The molecular formula is C28H36N2O5. The molecule has 2 aromatic carbocycles. The number of carbonyl (C=O) groups excluding carboxylic acids is 2. The van der Waals surface area contributed by atoms with Crippen LogP contribution >= 0.6 is 0 Å². The van der Waals surface area contributed by atoms with Crippen molar-refractivity contribution >= 4 is 23.1 Å². The maximum Gasteiger partial charge on any atom is 0.295 e. The van der Waals surface area contributed by atoms with Gasteiger partial charge in [-0.1, -0.05) is 38.1 Å². The lowest BCUT2D eigenvalue weighted by Crippen LogP contribution is -2.32. The summed E-state index contributed by atoms with van der Waals surface area (Å²) < 4.78 is 11.0. The number of likely N-dealkylation sites (tertiary alicyclic amines) is 1. The number of anilines is 1. The van der Waals surface area contributed by atoms with E-state index in [1.54, 1.807) is 31.4 Å². The van der Waals surface area contributed by atoms with Gasteiger partial charge in [0.2, 0.25) is 0 Å². The molecule has 1 aliphatic heterocycles. The molecule has 1 atom stereocenters. The summed E-state index contributed by atoms with van der Waals surface area (Å²) in [6, 6.07) is 14.1. The van der Waals surface area contributed by atoms with Crippen LogP contribution in [0.5, 0.6) is 5.75 Å². The minimum atomic E-state index is -0.712. The second kappa shape index (κ2) is 11.9. The van der Waals surface area contributed by atoms with Gasteiger partial charge in [-0.25, -0.2) is 0 Å². The van der Waals surface area contributed by atoms with Crippen LogP contribution in [-0.4, -0.2) is 61.7 Å². The standard InChI is InChI=1S/C28H36N2O5/c1-6-29(7-2)22-13-11-20(12-14-22)25-24(27(32)28(33)30(25)15-16-34-5)26(31)21-9-8-10-23(17-21)35-18-19(3)4/h8-14,17,19,25,31H,6-7,15-16,18H2,1-5H3/b26-24-. The van der Waals surface area contributed by atoms with Crippen molar-refractivity contribution in [3.05, 3.63) is 65.2 Å². The molecule has 35 heavy (non-hydrogen) atoms. The summed E-state index contributed by atoms with van der Waals surface area (Å²) in [5.41, 5.74) is 2.32. The Balaban J connectivity index is 2.07. The van der Waals surface area contributed by atoms with Crippen molar-refractivity contribution in [3.63, 3.8) is 0 Å². The minimum Gasteiger partial charge on any atom is -0.507 e. The zero-order valence-corrected chi connectivity index (χ0v) is 21.3. The number of ether oxygens (including phenoxy) is 2. The van der Waals surface area contributed by atoms with Crippen LogP contribution in [0.2, 0.25) is 0 Å². The molecule has 1 amide bonds. The number of Topliss-reactive ketones (excluding diaryl/α,β-unsaturated/α-hetero) is 1. The molecule has 7 heteroatoms. The third-order valence-electron chi connectivity index (χ3n) is 6.10. The lowest BCUT2D eigenvalue weighted by Gasteiger charge is -2.26. The van der Waals surface area contributed by atoms with Gasteiger partial charge in [0.15, 0.2) is 0 Å². The fraction of sp³-hybridized carbons (Fsp3) is 0.429. The molecule has 1 N–H and O–H groups in total. The van der Waals surface area contributed by atoms with E-state index < -0.39 is 17.7 Å². The van der Waals surface area contributed by atoms with E-state index in [0.29, 0.717) is 23.8 Å². The second-order valence-corrected chi connectivity index (χ2v) is 8.98. The summed E-state index contributed by atoms with van der Waals surface area (Å²) in [4.78, 5) is 29.8. The summed E-state index contributed by atoms with van der Waals surface area (Å²) in [6.45, 7) is 11.1. The van der Waals surface area contributed by atoms with Crippen LogP contribution in [0.15, 0.2) is 54.1 Å². The van der Waals surface area contributed by atoms with Gasteiger partial charge in [0, 0.05) is 38.0 Å². The fourth-order valence-corrected chi connectivity index (χ4v) is 4.25. The van der Waals surface area contributed by atoms with Gasteiger partial charge in [0.05, 0.1) is 24.8 Å². The first-order valence-electron chi connectivity index (χ1n) is 12.2. The van der Waals surface area contributed by atoms with Crippen LogP contribution in [0, 0.1) is 5.92 Å². The molecule has 0 bridgehead atoms. The second-order valence-electron chi connectivity index (χ2n) is 8.98.